The van der Waals surface area contributed by atoms with Crippen LogP contribution in [0.5, 0.6) is 5.75 Å². The Balaban J connectivity index is 2.05. The number of rotatable bonds is 4. The Hall–Kier alpha value is -0.910. The lowest BCUT2D eigenvalue weighted by Gasteiger charge is -2.09. The largest absolute Gasteiger partial charge is 0.485 e. The van der Waals surface area contributed by atoms with Crippen molar-refractivity contribution < 1.29 is 14.2 Å². The van der Waals surface area contributed by atoms with Gasteiger partial charge in [0, 0.05) is 14.7 Å². The van der Waals surface area contributed by atoms with Crippen LogP contribution < -0.4 is 4.74 Å². The number of halogens is 2. The molecule has 0 saturated carbocycles. The van der Waals surface area contributed by atoms with Crippen LogP contribution in [0.3, 0.4) is 0 Å². The predicted molar refractivity (Wildman–Crippen MR) is 73.4 cm³/mol. The number of benzene rings is 1. The van der Waals surface area contributed by atoms with Gasteiger partial charge in [-0.3, -0.25) is 0 Å². The minimum absolute atomic E-state index is 0.198. The molecule has 1 heterocycles. The predicted octanol–water partition coefficient (Wildman–Crippen LogP) is 4.28. The standard InChI is InChI=1S/C13H12BrFO2S/c1-8(16)9-2-3-13(12(15)4-9)17-6-11-5-10(14)7-18-11/h2-5,7-8,16H,6H2,1H3. The maximum Gasteiger partial charge on any atom is 0.165 e. The number of ether oxygens (including phenoxy) is 1. The Bertz CT molecular complexity index is 540. The monoisotopic (exact) mass is 330 g/mol. The van der Waals surface area contributed by atoms with Crippen molar-refractivity contribution in [1.29, 1.82) is 0 Å². The van der Waals surface area contributed by atoms with Crippen molar-refractivity contribution in [2.75, 3.05) is 0 Å². The van der Waals surface area contributed by atoms with E-state index in [4.69, 9.17) is 4.74 Å². The molecule has 2 nitrogen and oxygen atoms in total. The van der Waals surface area contributed by atoms with Gasteiger partial charge in [-0.15, -0.1) is 11.3 Å². The summed E-state index contributed by atoms with van der Waals surface area (Å²) in [4.78, 5) is 1.01. The molecule has 0 fully saturated rings. The second-order valence-corrected chi connectivity index (χ2v) is 5.80. The minimum Gasteiger partial charge on any atom is -0.485 e. The summed E-state index contributed by atoms with van der Waals surface area (Å²) in [5.41, 5.74) is 0.540. The quantitative estimate of drug-likeness (QED) is 0.906. The van der Waals surface area contributed by atoms with Crippen molar-refractivity contribution in [2.45, 2.75) is 19.6 Å². The fraction of sp³-hybridized carbons (Fsp3) is 0.231. The first-order valence-electron chi connectivity index (χ1n) is 5.39. The van der Waals surface area contributed by atoms with Crippen molar-refractivity contribution in [1.82, 2.24) is 0 Å². The highest BCUT2D eigenvalue weighted by molar-refractivity contribution is 9.10. The fourth-order valence-electron chi connectivity index (χ4n) is 1.47. The third-order valence-corrected chi connectivity index (χ3v) is 4.10. The average Bonchev–Trinajstić information content (AvgIpc) is 2.73. The molecule has 0 radical (unpaired) electrons. The van der Waals surface area contributed by atoms with Crippen LogP contribution in [0.2, 0.25) is 0 Å². The minimum atomic E-state index is -0.679. The van der Waals surface area contributed by atoms with E-state index in [2.05, 4.69) is 15.9 Å². The molecule has 2 rings (SSSR count). The molecule has 0 aliphatic carbocycles. The van der Waals surface area contributed by atoms with E-state index in [-0.39, 0.29) is 5.75 Å². The molecule has 0 aliphatic heterocycles. The molecule has 5 heteroatoms. The summed E-state index contributed by atoms with van der Waals surface area (Å²) in [5.74, 6) is -0.257. The molecule has 0 spiro atoms. The first kappa shape index (κ1) is 13.5. The molecular formula is C13H12BrFO2S. The zero-order valence-electron chi connectivity index (χ0n) is 9.69. The summed E-state index contributed by atoms with van der Waals surface area (Å²) in [6.07, 6.45) is -0.679. The summed E-state index contributed by atoms with van der Waals surface area (Å²) >= 11 is 4.90. The second kappa shape index (κ2) is 5.82. The second-order valence-electron chi connectivity index (χ2n) is 3.89. The number of thiophene rings is 1. The van der Waals surface area contributed by atoms with E-state index in [0.29, 0.717) is 12.2 Å². The topological polar surface area (TPSA) is 29.5 Å². The van der Waals surface area contributed by atoms with E-state index in [1.807, 2.05) is 11.4 Å². The van der Waals surface area contributed by atoms with E-state index in [0.717, 1.165) is 9.35 Å². The normalized spacial score (nSPS) is 12.4. The van der Waals surface area contributed by atoms with Gasteiger partial charge in [-0.05, 0) is 46.6 Å². The van der Waals surface area contributed by atoms with Crippen molar-refractivity contribution in [3.05, 3.63) is 50.4 Å². The van der Waals surface area contributed by atoms with Gasteiger partial charge in [0.15, 0.2) is 11.6 Å². The van der Waals surface area contributed by atoms with Gasteiger partial charge in [-0.25, -0.2) is 4.39 Å². The molecule has 18 heavy (non-hydrogen) atoms. The Morgan fingerprint density at radius 1 is 1.44 bits per heavy atom. The zero-order chi connectivity index (χ0) is 13.1. The van der Waals surface area contributed by atoms with Gasteiger partial charge in [-0.2, -0.15) is 0 Å². The number of hydrogen-bond acceptors (Lipinski definition) is 3. The lowest BCUT2D eigenvalue weighted by Crippen LogP contribution is -1.98. The number of aliphatic hydroxyl groups excluding tert-OH is 1. The highest BCUT2D eigenvalue weighted by Gasteiger charge is 2.08. The molecule has 1 N–H and O–H groups in total. The molecule has 0 amide bonds. The van der Waals surface area contributed by atoms with Gasteiger partial charge in [0.05, 0.1) is 6.10 Å². The summed E-state index contributed by atoms with van der Waals surface area (Å²) in [6.45, 7) is 1.93. The van der Waals surface area contributed by atoms with Gasteiger partial charge in [0.1, 0.15) is 6.61 Å². The van der Waals surface area contributed by atoms with Gasteiger partial charge in [0.2, 0.25) is 0 Å². The van der Waals surface area contributed by atoms with Crippen LogP contribution in [0, 0.1) is 5.82 Å². The lowest BCUT2D eigenvalue weighted by molar-refractivity contribution is 0.198. The first-order valence-corrected chi connectivity index (χ1v) is 7.07. The highest BCUT2D eigenvalue weighted by atomic mass is 79.9. The maximum atomic E-state index is 13.7. The molecule has 0 aliphatic rings. The van der Waals surface area contributed by atoms with Crippen LogP contribution in [-0.4, -0.2) is 5.11 Å². The Morgan fingerprint density at radius 3 is 2.78 bits per heavy atom. The third-order valence-electron chi connectivity index (χ3n) is 2.43. The average molecular weight is 331 g/mol. The third kappa shape index (κ3) is 3.31. The van der Waals surface area contributed by atoms with Crippen LogP contribution in [0.1, 0.15) is 23.5 Å². The van der Waals surface area contributed by atoms with Crippen molar-refractivity contribution in [3.8, 4) is 5.75 Å². The van der Waals surface area contributed by atoms with Crippen LogP contribution in [0.4, 0.5) is 4.39 Å². The molecule has 1 unspecified atom stereocenters. The van der Waals surface area contributed by atoms with Gasteiger partial charge < -0.3 is 9.84 Å². The van der Waals surface area contributed by atoms with Crippen molar-refractivity contribution in [3.63, 3.8) is 0 Å². The smallest absolute Gasteiger partial charge is 0.165 e. The van der Waals surface area contributed by atoms with Gasteiger partial charge in [0.25, 0.3) is 0 Å². The van der Waals surface area contributed by atoms with E-state index in [1.165, 1.54) is 6.07 Å². The fourth-order valence-corrected chi connectivity index (χ4v) is 2.83. The van der Waals surface area contributed by atoms with Crippen molar-refractivity contribution in [2.24, 2.45) is 0 Å². The molecule has 0 bridgehead atoms. The van der Waals surface area contributed by atoms with Crippen LogP contribution in [-0.2, 0) is 6.61 Å². The van der Waals surface area contributed by atoms with Crippen LogP contribution in [0.25, 0.3) is 0 Å². The molecule has 1 aromatic heterocycles. The molecule has 2 aromatic rings. The maximum absolute atomic E-state index is 13.7. The van der Waals surface area contributed by atoms with E-state index < -0.39 is 11.9 Å². The van der Waals surface area contributed by atoms with Crippen molar-refractivity contribution >= 4 is 27.3 Å². The first-order chi connectivity index (χ1) is 8.56. The van der Waals surface area contributed by atoms with Crippen LogP contribution >= 0.6 is 27.3 Å². The Labute approximate surface area is 117 Å². The summed E-state index contributed by atoms with van der Waals surface area (Å²) in [6, 6.07) is 6.44. The number of hydrogen-bond donors (Lipinski definition) is 1. The Kier molecular flexibility index (Phi) is 4.37. The summed E-state index contributed by atoms with van der Waals surface area (Å²) in [5, 5.41) is 11.3. The molecule has 0 saturated heterocycles. The highest BCUT2D eigenvalue weighted by Crippen LogP contribution is 2.25. The van der Waals surface area contributed by atoms with Gasteiger partial charge >= 0.3 is 0 Å². The van der Waals surface area contributed by atoms with E-state index in [1.54, 1.807) is 30.4 Å². The van der Waals surface area contributed by atoms with E-state index >= 15 is 0 Å². The number of aliphatic hydroxyl groups is 1. The zero-order valence-corrected chi connectivity index (χ0v) is 12.1. The SMILES string of the molecule is CC(O)c1ccc(OCc2cc(Br)cs2)c(F)c1. The molecule has 1 aromatic carbocycles. The van der Waals surface area contributed by atoms with Crippen LogP contribution in [0.15, 0.2) is 34.1 Å². The lowest BCUT2D eigenvalue weighted by atomic mass is 10.1. The Morgan fingerprint density at radius 2 is 2.22 bits per heavy atom. The van der Waals surface area contributed by atoms with Gasteiger partial charge in [-0.1, -0.05) is 6.07 Å². The van der Waals surface area contributed by atoms with E-state index in [9.17, 15) is 9.50 Å². The molecule has 1 atom stereocenters. The molecular weight excluding hydrogens is 319 g/mol. The summed E-state index contributed by atoms with van der Waals surface area (Å²) in [7, 11) is 0. The molecule has 96 valence electrons. The summed E-state index contributed by atoms with van der Waals surface area (Å²) < 4.78 is 20.1.